The number of amides is 1. The van der Waals surface area contributed by atoms with E-state index in [-0.39, 0.29) is 18.1 Å². The predicted octanol–water partition coefficient (Wildman–Crippen LogP) is 2.93. The maximum absolute atomic E-state index is 12.9. The molecule has 5 nitrogen and oxygen atoms in total. The summed E-state index contributed by atoms with van der Waals surface area (Å²) in [5, 5.41) is 9.43. The third-order valence-electron chi connectivity index (χ3n) is 5.45. The Hall–Kier alpha value is -1.59. The third kappa shape index (κ3) is 5.21. The van der Waals surface area contributed by atoms with E-state index in [1.165, 1.54) is 6.42 Å². The number of piperidine rings is 2. The Bertz CT molecular complexity index is 576. The molecule has 0 aromatic heterocycles. The van der Waals surface area contributed by atoms with E-state index in [1.54, 1.807) is 0 Å². The first-order chi connectivity index (χ1) is 12.6. The fourth-order valence-corrected chi connectivity index (χ4v) is 3.81. The maximum atomic E-state index is 12.9. The first-order valence-electron chi connectivity index (χ1n) is 10.1. The van der Waals surface area contributed by atoms with Gasteiger partial charge in [0.2, 0.25) is 0 Å². The van der Waals surface area contributed by atoms with Gasteiger partial charge in [-0.1, -0.05) is 12.1 Å². The second kappa shape index (κ2) is 9.38. The molecule has 1 aromatic carbocycles. The monoisotopic (exact) mass is 360 g/mol. The van der Waals surface area contributed by atoms with Gasteiger partial charge in [0.15, 0.2) is 0 Å². The average molecular weight is 360 g/mol. The van der Waals surface area contributed by atoms with E-state index in [4.69, 9.17) is 4.74 Å². The van der Waals surface area contributed by atoms with Crippen LogP contribution >= 0.6 is 0 Å². The number of ether oxygens (including phenoxy) is 1. The van der Waals surface area contributed by atoms with Gasteiger partial charge >= 0.3 is 0 Å². The van der Waals surface area contributed by atoms with Crippen molar-refractivity contribution in [1.29, 1.82) is 0 Å². The number of rotatable bonds is 6. The van der Waals surface area contributed by atoms with Crippen molar-refractivity contribution in [1.82, 2.24) is 9.80 Å². The minimum atomic E-state index is -0.239. The van der Waals surface area contributed by atoms with Gasteiger partial charge in [0, 0.05) is 32.7 Å². The largest absolute Gasteiger partial charge is 0.489 e. The lowest BCUT2D eigenvalue weighted by Gasteiger charge is -2.33. The van der Waals surface area contributed by atoms with Crippen molar-refractivity contribution in [2.75, 3.05) is 32.7 Å². The highest BCUT2D eigenvalue weighted by molar-refractivity contribution is 5.97. The molecule has 1 atom stereocenters. The Balaban J connectivity index is 1.56. The Labute approximate surface area is 156 Å². The van der Waals surface area contributed by atoms with Crippen LogP contribution < -0.4 is 4.74 Å². The number of aliphatic hydroxyl groups is 1. The van der Waals surface area contributed by atoms with E-state index in [2.05, 4.69) is 4.90 Å². The van der Waals surface area contributed by atoms with Crippen LogP contribution in [0.25, 0.3) is 0 Å². The van der Waals surface area contributed by atoms with Crippen molar-refractivity contribution >= 4 is 5.91 Å². The van der Waals surface area contributed by atoms with Crippen LogP contribution in [0.4, 0.5) is 0 Å². The summed E-state index contributed by atoms with van der Waals surface area (Å²) < 4.78 is 6.25. The summed E-state index contributed by atoms with van der Waals surface area (Å²) in [4.78, 5) is 17.2. The van der Waals surface area contributed by atoms with Crippen LogP contribution in [-0.2, 0) is 0 Å². The molecule has 3 rings (SSSR count). The molecule has 0 saturated carbocycles. The van der Waals surface area contributed by atoms with Crippen LogP contribution in [0.3, 0.4) is 0 Å². The van der Waals surface area contributed by atoms with Gasteiger partial charge in [0.05, 0.1) is 11.7 Å². The van der Waals surface area contributed by atoms with Crippen LogP contribution in [-0.4, -0.2) is 65.7 Å². The number of carbonyl (C=O) groups is 1. The fourth-order valence-electron chi connectivity index (χ4n) is 3.81. The molecule has 2 aliphatic heterocycles. The number of hydrogen-bond donors (Lipinski definition) is 1. The van der Waals surface area contributed by atoms with Crippen molar-refractivity contribution in [3.63, 3.8) is 0 Å². The zero-order valence-electron chi connectivity index (χ0n) is 15.9. The second-order valence-electron chi connectivity index (χ2n) is 7.65. The molecule has 5 heteroatoms. The number of hydrogen-bond acceptors (Lipinski definition) is 4. The lowest BCUT2D eigenvalue weighted by molar-refractivity contribution is 0.0698. The van der Waals surface area contributed by atoms with Crippen molar-refractivity contribution in [3.8, 4) is 5.75 Å². The summed E-state index contributed by atoms with van der Waals surface area (Å²) in [6.45, 7) is 6.46. The van der Waals surface area contributed by atoms with Crippen LogP contribution in [0.5, 0.6) is 5.75 Å². The number of nitrogens with zero attached hydrogens (tertiary/aromatic N) is 2. The normalized spacial score (nSPS) is 20.8. The number of carbonyl (C=O) groups excluding carboxylic acids is 1. The molecule has 2 saturated heterocycles. The highest BCUT2D eigenvalue weighted by Crippen LogP contribution is 2.25. The molecule has 1 amide bonds. The third-order valence-corrected chi connectivity index (χ3v) is 5.45. The Morgan fingerprint density at radius 3 is 2.54 bits per heavy atom. The van der Waals surface area contributed by atoms with Crippen molar-refractivity contribution < 1.29 is 14.6 Å². The van der Waals surface area contributed by atoms with Crippen LogP contribution in [0.2, 0.25) is 0 Å². The van der Waals surface area contributed by atoms with E-state index in [0.717, 1.165) is 70.6 Å². The molecule has 2 aliphatic rings. The molecule has 2 fully saturated rings. The molecule has 0 aliphatic carbocycles. The van der Waals surface area contributed by atoms with Crippen LogP contribution in [0, 0.1) is 0 Å². The van der Waals surface area contributed by atoms with Gasteiger partial charge in [0.25, 0.3) is 5.91 Å². The lowest BCUT2D eigenvalue weighted by atomic mass is 10.1. The molecular formula is C21H32N2O3. The highest BCUT2D eigenvalue weighted by atomic mass is 16.5. The van der Waals surface area contributed by atoms with E-state index in [0.29, 0.717) is 5.56 Å². The Morgan fingerprint density at radius 2 is 1.85 bits per heavy atom. The van der Waals surface area contributed by atoms with E-state index < -0.39 is 0 Å². The van der Waals surface area contributed by atoms with Crippen molar-refractivity contribution in [3.05, 3.63) is 29.8 Å². The standard InChI is InChI=1S/C21H32N2O3/c1-17(24)9-14-22-15-10-18(11-16-22)26-20-8-4-3-7-19(20)21(25)23-12-5-2-6-13-23/h3-4,7-8,17-18,24H,2,5-6,9-16H2,1H3. The summed E-state index contributed by atoms with van der Waals surface area (Å²) in [5.41, 5.74) is 0.700. The van der Waals surface area contributed by atoms with Gasteiger partial charge in [-0.3, -0.25) is 4.79 Å². The van der Waals surface area contributed by atoms with Gasteiger partial charge in [0.1, 0.15) is 11.9 Å². The quantitative estimate of drug-likeness (QED) is 0.847. The summed E-state index contributed by atoms with van der Waals surface area (Å²) in [7, 11) is 0. The molecular weight excluding hydrogens is 328 g/mol. The first kappa shape index (κ1) is 19.2. The van der Waals surface area contributed by atoms with Crippen LogP contribution in [0.15, 0.2) is 24.3 Å². The Kier molecular flexibility index (Phi) is 6.92. The van der Waals surface area contributed by atoms with E-state index in [9.17, 15) is 9.90 Å². The highest BCUT2D eigenvalue weighted by Gasteiger charge is 2.25. The van der Waals surface area contributed by atoms with Gasteiger partial charge in [-0.05, 0) is 57.6 Å². The molecule has 0 bridgehead atoms. The lowest BCUT2D eigenvalue weighted by Crippen LogP contribution is -2.40. The predicted molar refractivity (Wildman–Crippen MR) is 103 cm³/mol. The second-order valence-corrected chi connectivity index (χ2v) is 7.65. The summed E-state index contributed by atoms with van der Waals surface area (Å²) >= 11 is 0. The summed E-state index contributed by atoms with van der Waals surface area (Å²) in [6.07, 6.45) is 6.08. The topological polar surface area (TPSA) is 53.0 Å². The first-order valence-corrected chi connectivity index (χ1v) is 10.1. The minimum Gasteiger partial charge on any atom is -0.489 e. The van der Waals surface area contributed by atoms with Gasteiger partial charge in [-0.2, -0.15) is 0 Å². The molecule has 144 valence electrons. The minimum absolute atomic E-state index is 0.106. The van der Waals surface area contributed by atoms with Crippen molar-refractivity contribution in [2.45, 2.75) is 57.7 Å². The van der Waals surface area contributed by atoms with Gasteiger partial charge in [-0.25, -0.2) is 0 Å². The van der Waals surface area contributed by atoms with Crippen LogP contribution in [0.1, 0.15) is 55.8 Å². The van der Waals surface area contributed by atoms with Crippen molar-refractivity contribution in [2.24, 2.45) is 0 Å². The summed E-state index contributed by atoms with van der Waals surface area (Å²) in [6, 6.07) is 7.68. The average Bonchev–Trinajstić information content (AvgIpc) is 2.68. The number of benzene rings is 1. The molecule has 0 spiro atoms. The zero-order valence-corrected chi connectivity index (χ0v) is 15.9. The maximum Gasteiger partial charge on any atom is 0.257 e. The SMILES string of the molecule is CC(O)CCN1CCC(Oc2ccccc2C(=O)N2CCCCC2)CC1. The van der Waals surface area contributed by atoms with Gasteiger partial charge in [-0.15, -0.1) is 0 Å². The molecule has 26 heavy (non-hydrogen) atoms. The fraction of sp³-hybridized carbons (Fsp3) is 0.667. The zero-order chi connectivity index (χ0) is 18.4. The molecule has 2 heterocycles. The number of likely N-dealkylation sites (tertiary alicyclic amines) is 2. The number of para-hydroxylation sites is 1. The molecule has 1 N–H and O–H groups in total. The molecule has 1 aromatic rings. The van der Waals surface area contributed by atoms with E-state index in [1.807, 2.05) is 36.1 Å². The Morgan fingerprint density at radius 1 is 1.15 bits per heavy atom. The number of aliphatic hydroxyl groups excluding tert-OH is 1. The summed E-state index contributed by atoms with van der Waals surface area (Å²) in [5.74, 6) is 0.833. The molecule has 0 radical (unpaired) electrons. The molecule has 1 unspecified atom stereocenters. The smallest absolute Gasteiger partial charge is 0.257 e. The van der Waals surface area contributed by atoms with Gasteiger partial charge < -0.3 is 19.6 Å². The van der Waals surface area contributed by atoms with E-state index >= 15 is 0 Å².